The highest BCUT2D eigenvalue weighted by atomic mass is 35.5. The molecule has 168 valence electrons. The first-order chi connectivity index (χ1) is 14.3. The zero-order valence-corrected chi connectivity index (χ0v) is 20.3. The Balaban J connectivity index is 1.43. The molecule has 1 heterocycles. The zero-order chi connectivity index (χ0) is 21.8. The Morgan fingerprint density at radius 2 is 1.83 bits per heavy atom. The van der Waals surface area contributed by atoms with E-state index in [4.69, 9.17) is 23.2 Å². The maximum absolute atomic E-state index is 11.8. The zero-order valence-electron chi connectivity index (χ0n) is 18.8. The molecule has 3 rings (SSSR count). The smallest absolute Gasteiger partial charge is 0.317 e. The van der Waals surface area contributed by atoms with Gasteiger partial charge in [-0.15, -0.1) is 0 Å². The molecule has 1 aliphatic carbocycles. The van der Waals surface area contributed by atoms with Crippen molar-refractivity contribution in [2.24, 2.45) is 5.92 Å². The van der Waals surface area contributed by atoms with Crippen LogP contribution in [-0.2, 0) is 0 Å². The molecular formula is C23H36Cl2N4O. The SMILES string of the molecule is Cc1ccc(N2CCN(CCC3CCC(NC(=O)N(C)C)CC3)C[C@H]2C)c(Cl)c1Cl. The Morgan fingerprint density at radius 1 is 1.13 bits per heavy atom. The van der Waals surface area contributed by atoms with Crippen LogP contribution < -0.4 is 10.2 Å². The van der Waals surface area contributed by atoms with Crippen molar-refractivity contribution >= 4 is 34.9 Å². The van der Waals surface area contributed by atoms with Gasteiger partial charge in [-0.05, 0) is 70.0 Å². The third-order valence-corrected chi connectivity index (χ3v) is 7.68. The number of carbonyl (C=O) groups is 1. The van der Waals surface area contributed by atoms with Crippen LogP contribution >= 0.6 is 23.2 Å². The van der Waals surface area contributed by atoms with Gasteiger partial charge in [-0.1, -0.05) is 29.3 Å². The summed E-state index contributed by atoms with van der Waals surface area (Å²) >= 11 is 12.9. The summed E-state index contributed by atoms with van der Waals surface area (Å²) < 4.78 is 0. The van der Waals surface area contributed by atoms with Crippen LogP contribution in [0.2, 0.25) is 10.0 Å². The van der Waals surface area contributed by atoms with Gasteiger partial charge in [-0.25, -0.2) is 4.79 Å². The number of urea groups is 1. The van der Waals surface area contributed by atoms with Gasteiger partial charge < -0.3 is 15.1 Å². The lowest BCUT2D eigenvalue weighted by atomic mass is 9.84. The summed E-state index contributed by atoms with van der Waals surface area (Å²) in [5.74, 6) is 0.774. The lowest BCUT2D eigenvalue weighted by molar-refractivity contribution is 0.187. The molecule has 0 radical (unpaired) electrons. The van der Waals surface area contributed by atoms with E-state index < -0.39 is 0 Å². The van der Waals surface area contributed by atoms with Crippen molar-refractivity contribution in [3.63, 3.8) is 0 Å². The number of hydrogen-bond donors (Lipinski definition) is 1. The molecule has 1 N–H and O–H groups in total. The molecule has 1 aromatic carbocycles. The van der Waals surface area contributed by atoms with E-state index in [2.05, 4.69) is 34.2 Å². The minimum absolute atomic E-state index is 0.0280. The number of hydrogen-bond acceptors (Lipinski definition) is 3. The number of benzene rings is 1. The molecule has 1 saturated carbocycles. The predicted octanol–water partition coefficient (Wildman–Crippen LogP) is 5.03. The highest BCUT2D eigenvalue weighted by molar-refractivity contribution is 6.44. The van der Waals surface area contributed by atoms with Crippen LogP contribution in [0.1, 0.15) is 44.6 Å². The number of amides is 2. The number of nitrogens with one attached hydrogen (secondary N) is 1. The second-order valence-electron chi connectivity index (χ2n) is 9.22. The van der Waals surface area contributed by atoms with Gasteiger partial charge in [-0.3, -0.25) is 4.90 Å². The van der Waals surface area contributed by atoms with Crippen LogP contribution in [0.5, 0.6) is 0 Å². The van der Waals surface area contributed by atoms with E-state index >= 15 is 0 Å². The Labute approximate surface area is 191 Å². The fourth-order valence-corrected chi connectivity index (χ4v) is 5.20. The van der Waals surface area contributed by atoms with Crippen molar-refractivity contribution in [1.82, 2.24) is 15.1 Å². The fraction of sp³-hybridized carbons (Fsp3) is 0.696. The van der Waals surface area contributed by atoms with E-state index in [1.807, 2.05) is 6.92 Å². The summed E-state index contributed by atoms with van der Waals surface area (Å²) in [7, 11) is 3.59. The quantitative estimate of drug-likeness (QED) is 0.677. The van der Waals surface area contributed by atoms with Crippen LogP contribution in [0.25, 0.3) is 0 Å². The molecule has 1 aromatic rings. The number of aryl methyl sites for hydroxylation is 1. The molecule has 0 unspecified atom stereocenters. The Morgan fingerprint density at radius 3 is 2.47 bits per heavy atom. The predicted molar refractivity (Wildman–Crippen MR) is 127 cm³/mol. The number of nitrogens with zero attached hydrogens (tertiary/aromatic N) is 3. The molecule has 7 heteroatoms. The van der Waals surface area contributed by atoms with Gasteiger partial charge in [0.25, 0.3) is 0 Å². The minimum Gasteiger partial charge on any atom is -0.365 e. The summed E-state index contributed by atoms with van der Waals surface area (Å²) in [5.41, 5.74) is 2.07. The minimum atomic E-state index is 0.0280. The molecule has 2 fully saturated rings. The summed E-state index contributed by atoms with van der Waals surface area (Å²) in [6.07, 6.45) is 5.87. The van der Waals surface area contributed by atoms with Crippen LogP contribution in [0.3, 0.4) is 0 Å². The normalized spacial score (nSPS) is 25.3. The van der Waals surface area contributed by atoms with Crippen molar-refractivity contribution < 1.29 is 4.79 Å². The number of rotatable bonds is 5. The van der Waals surface area contributed by atoms with E-state index in [-0.39, 0.29) is 6.03 Å². The highest BCUT2D eigenvalue weighted by Gasteiger charge is 2.28. The average Bonchev–Trinajstić information content (AvgIpc) is 2.72. The summed E-state index contributed by atoms with van der Waals surface area (Å²) in [6.45, 7) is 8.50. The Bertz CT molecular complexity index is 734. The second-order valence-corrected chi connectivity index (χ2v) is 9.98. The standard InChI is InChI=1S/C23H36Cl2N4O/c1-16-5-10-20(22(25)21(16)24)29-14-13-28(15-17(29)2)12-11-18-6-8-19(9-7-18)26-23(30)27(3)4/h5,10,17-19H,6-9,11-15H2,1-4H3,(H,26,30)/t17-,18?,19?/m1/s1. The maximum Gasteiger partial charge on any atom is 0.317 e. The summed E-state index contributed by atoms with van der Waals surface area (Å²) in [4.78, 5) is 18.4. The molecule has 0 spiro atoms. The van der Waals surface area contributed by atoms with Crippen LogP contribution in [-0.4, -0.2) is 68.2 Å². The number of carbonyl (C=O) groups excluding carboxylic acids is 1. The second kappa shape index (κ2) is 10.4. The van der Waals surface area contributed by atoms with Gasteiger partial charge in [0.05, 0.1) is 15.7 Å². The Kier molecular flexibility index (Phi) is 8.17. The largest absolute Gasteiger partial charge is 0.365 e. The van der Waals surface area contributed by atoms with Crippen molar-refractivity contribution in [3.05, 3.63) is 27.7 Å². The van der Waals surface area contributed by atoms with Crippen molar-refractivity contribution in [2.75, 3.05) is 45.2 Å². The molecule has 0 aromatic heterocycles. The number of piperazine rings is 1. The molecule has 1 aliphatic heterocycles. The first-order valence-electron chi connectivity index (χ1n) is 11.2. The topological polar surface area (TPSA) is 38.8 Å². The van der Waals surface area contributed by atoms with Crippen molar-refractivity contribution in [1.29, 1.82) is 0 Å². The monoisotopic (exact) mass is 454 g/mol. The van der Waals surface area contributed by atoms with Crippen LogP contribution in [0.15, 0.2) is 12.1 Å². The van der Waals surface area contributed by atoms with E-state index in [1.54, 1.807) is 19.0 Å². The molecule has 5 nitrogen and oxygen atoms in total. The number of halogens is 2. The van der Waals surface area contributed by atoms with Gasteiger partial charge in [0.2, 0.25) is 0 Å². The molecular weight excluding hydrogens is 419 g/mol. The van der Waals surface area contributed by atoms with Crippen molar-refractivity contribution in [3.8, 4) is 0 Å². The number of anilines is 1. The first kappa shape index (κ1) is 23.5. The molecule has 30 heavy (non-hydrogen) atoms. The van der Waals surface area contributed by atoms with E-state index in [9.17, 15) is 4.79 Å². The van der Waals surface area contributed by atoms with E-state index in [0.717, 1.165) is 56.2 Å². The summed E-state index contributed by atoms with van der Waals surface area (Å²) in [6, 6.07) is 4.93. The van der Waals surface area contributed by atoms with Crippen LogP contribution in [0, 0.1) is 12.8 Å². The maximum atomic E-state index is 11.8. The first-order valence-corrected chi connectivity index (χ1v) is 11.9. The third kappa shape index (κ3) is 5.74. The van der Waals surface area contributed by atoms with Gasteiger partial charge in [0.1, 0.15) is 0 Å². The third-order valence-electron chi connectivity index (χ3n) is 6.71. The van der Waals surface area contributed by atoms with Gasteiger partial charge in [-0.2, -0.15) is 0 Å². The van der Waals surface area contributed by atoms with E-state index in [1.165, 1.54) is 19.3 Å². The summed E-state index contributed by atoms with van der Waals surface area (Å²) in [5, 5.41) is 4.48. The molecule has 1 saturated heterocycles. The van der Waals surface area contributed by atoms with Gasteiger partial charge in [0.15, 0.2) is 0 Å². The van der Waals surface area contributed by atoms with Crippen LogP contribution in [0.4, 0.5) is 10.5 Å². The lowest BCUT2D eigenvalue weighted by Gasteiger charge is -2.42. The fourth-order valence-electron chi connectivity index (χ4n) is 4.72. The average molecular weight is 455 g/mol. The van der Waals surface area contributed by atoms with E-state index in [0.29, 0.717) is 22.1 Å². The molecule has 2 amide bonds. The van der Waals surface area contributed by atoms with Crippen molar-refractivity contribution in [2.45, 2.75) is 58.0 Å². The lowest BCUT2D eigenvalue weighted by Crippen LogP contribution is -2.52. The molecule has 2 aliphatic rings. The molecule has 0 bridgehead atoms. The van der Waals surface area contributed by atoms with Gasteiger partial charge in [0, 0.05) is 45.8 Å². The van der Waals surface area contributed by atoms with Gasteiger partial charge >= 0.3 is 6.03 Å². The molecule has 1 atom stereocenters. The Hall–Kier alpha value is -1.17. The highest BCUT2D eigenvalue weighted by Crippen LogP contribution is 2.36.